The van der Waals surface area contributed by atoms with Crippen molar-refractivity contribution in [1.29, 1.82) is 0 Å². The number of ether oxygens (including phenoxy) is 1. The Morgan fingerprint density at radius 1 is 1.37 bits per heavy atom. The zero-order valence-corrected chi connectivity index (χ0v) is 11.5. The minimum Gasteiger partial charge on any atom is -0.467 e. The van der Waals surface area contributed by atoms with Gasteiger partial charge in [-0.25, -0.2) is 9.18 Å². The zero-order valence-electron chi connectivity index (χ0n) is 10.6. The molecule has 1 unspecified atom stereocenters. The summed E-state index contributed by atoms with van der Waals surface area (Å²) in [6, 6.07) is 9.18. The van der Waals surface area contributed by atoms with E-state index in [1.165, 1.54) is 30.6 Å². The van der Waals surface area contributed by atoms with Crippen molar-refractivity contribution in [3.8, 4) is 0 Å². The molecule has 0 saturated carbocycles. The van der Waals surface area contributed by atoms with Crippen LogP contribution in [0.5, 0.6) is 0 Å². The van der Waals surface area contributed by atoms with E-state index in [1.807, 2.05) is 19.1 Å². The number of methoxy groups -OCH3 is 1. The number of aryl methyl sites for hydroxylation is 1. The molecule has 0 aliphatic rings. The fourth-order valence-corrected chi connectivity index (χ4v) is 2.63. The molecule has 0 fully saturated rings. The minimum atomic E-state index is -0.620. The third kappa shape index (κ3) is 3.32. The van der Waals surface area contributed by atoms with Gasteiger partial charge in [0.15, 0.2) is 6.04 Å². The monoisotopic (exact) mass is 279 g/mol. The standard InChI is InChI=1S/C14H14FNO2S/c1-9-6-7-12(19-9)13(14(17)18-2)16-11-5-3-4-10(15)8-11/h3-8,13,16H,1-2H3. The fourth-order valence-electron chi connectivity index (χ4n) is 1.72. The highest BCUT2D eigenvalue weighted by molar-refractivity contribution is 7.12. The van der Waals surface area contributed by atoms with Gasteiger partial charge >= 0.3 is 5.97 Å². The number of benzene rings is 1. The van der Waals surface area contributed by atoms with Crippen LogP contribution in [0.3, 0.4) is 0 Å². The van der Waals surface area contributed by atoms with E-state index < -0.39 is 12.0 Å². The molecule has 19 heavy (non-hydrogen) atoms. The van der Waals surface area contributed by atoms with Gasteiger partial charge in [-0.1, -0.05) is 6.07 Å². The number of halogens is 1. The lowest BCUT2D eigenvalue weighted by atomic mass is 10.2. The molecule has 1 aromatic heterocycles. The van der Waals surface area contributed by atoms with Crippen LogP contribution in [-0.4, -0.2) is 13.1 Å². The van der Waals surface area contributed by atoms with Gasteiger partial charge in [0.2, 0.25) is 0 Å². The Hall–Kier alpha value is -1.88. The van der Waals surface area contributed by atoms with Crippen molar-refractivity contribution < 1.29 is 13.9 Å². The summed E-state index contributed by atoms with van der Waals surface area (Å²) in [5, 5.41) is 3.00. The molecule has 1 N–H and O–H groups in total. The predicted octanol–water partition coefficient (Wildman–Crippen LogP) is 3.52. The number of hydrogen-bond acceptors (Lipinski definition) is 4. The van der Waals surface area contributed by atoms with Crippen LogP contribution in [0.4, 0.5) is 10.1 Å². The topological polar surface area (TPSA) is 38.3 Å². The minimum absolute atomic E-state index is 0.351. The maximum absolute atomic E-state index is 13.2. The summed E-state index contributed by atoms with van der Waals surface area (Å²) in [6.07, 6.45) is 0. The summed E-state index contributed by atoms with van der Waals surface area (Å²) < 4.78 is 17.9. The molecule has 2 rings (SSSR count). The molecule has 2 aromatic rings. The van der Waals surface area contributed by atoms with Crippen molar-refractivity contribution in [1.82, 2.24) is 0 Å². The highest BCUT2D eigenvalue weighted by Gasteiger charge is 2.22. The Labute approximate surface area is 115 Å². The lowest BCUT2D eigenvalue weighted by Crippen LogP contribution is -2.21. The molecule has 0 bridgehead atoms. The molecular formula is C14H14FNO2S. The van der Waals surface area contributed by atoms with E-state index in [0.717, 1.165) is 9.75 Å². The van der Waals surface area contributed by atoms with Crippen molar-refractivity contribution in [2.75, 3.05) is 12.4 Å². The predicted molar refractivity (Wildman–Crippen MR) is 73.8 cm³/mol. The van der Waals surface area contributed by atoms with Crippen molar-refractivity contribution in [2.45, 2.75) is 13.0 Å². The molecule has 0 spiro atoms. The molecule has 0 aliphatic carbocycles. The molecule has 100 valence electrons. The number of anilines is 1. The number of nitrogens with one attached hydrogen (secondary N) is 1. The Morgan fingerprint density at radius 3 is 2.74 bits per heavy atom. The molecule has 0 radical (unpaired) electrons. The number of carbonyl (C=O) groups is 1. The second-order valence-electron chi connectivity index (χ2n) is 4.06. The Morgan fingerprint density at radius 2 is 2.16 bits per heavy atom. The Kier molecular flexibility index (Phi) is 4.16. The first-order chi connectivity index (χ1) is 9.10. The number of esters is 1. The number of hydrogen-bond donors (Lipinski definition) is 1. The van der Waals surface area contributed by atoms with Crippen molar-refractivity contribution in [3.05, 3.63) is 52.0 Å². The van der Waals surface area contributed by atoms with Gasteiger partial charge < -0.3 is 10.1 Å². The van der Waals surface area contributed by atoms with E-state index in [0.29, 0.717) is 5.69 Å². The smallest absolute Gasteiger partial charge is 0.333 e. The number of carbonyl (C=O) groups excluding carboxylic acids is 1. The maximum atomic E-state index is 13.2. The second kappa shape index (κ2) is 5.84. The summed E-state index contributed by atoms with van der Waals surface area (Å²) >= 11 is 1.51. The van der Waals surface area contributed by atoms with Gasteiger partial charge in [0.1, 0.15) is 5.82 Å². The van der Waals surface area contributed by atoms with E-state index in [9.17, 15) is 9.18 Å². The van der Waals surface area contributed by atoms with Crippen molar-refractivity contribution in [3.63, 3.8) is 0 Å². The quantitative estimate of drug-likeness (QED) is 0.870. The first-order valence-corrected chi connectivity index (χ1v) is 6.58. The lowest BCUT2D eigenvalue weighted by molar-refractivity contribution is -0.141. The Balaban J connectivity index is 2.26. The van der Waals surface area contributed by atoms with Crippen LogP contribution >= 0.6 is 11.3 Å². The van der Waals surface area contributed by atoms with Gasteiger partial charge in [0.25, 0.3) is 0 Å². The fraction of sp³-hybridized carbons (Fsp3) is 0.214. The van der Waals surface area contributed by atoms with E-state index in [4.69, 9.17) is 4.74 Å². The molecule has 1 heterocycles. The number of thiophene rings is 1. The highest BCUT2D eigenvalue weighted by Crippen LogP contribution is 2.27. The Bertz CT molecular complexity index is 582. The van der Waals surface area contributed by atoms with Crippen LogP contribution in [0.1, 0.15) is 15.8 Å². The number of rotatable bonds is 4. The molecule has 5 heteroatoms. The molecule has 3 nitrogen and oxygen atoms in total. The van der Waals surface area contributed by atoms with Crippen LogP contribution in [0, 0.1) is 12.7 Å². The van der Waals surface area contributed by atoms with Gasteiger partial charge in [-0.3, -0.25) is 0 Å². The average Bonchev–Trinajstić information content (AvgIpc) is 2.81. The molecule has 1 atom stereocenters. The molecule has 0 saturated heterocycles. The second-order valence-corrected chi connectivity index (χ2v) is 5.38. The normalized spacial score (nSPS) is 11.9. The third-order valence-corrected chi connectivity index (χ3v) is 3.68. The van der Waals surface area contributed by atoms with E-state index in [2.05, 4.69) is 5.32 Å². The summed E-state index contributed by atoms with van der Waals surface area (Å²) in [7, 11) is 1.34. The molecule has 0 aliphatic heterocycles. The first kappa shape index (κ1) is 13.5. The van der Waals surface area contributed by atoms with E-state index in [1.54, 1.807) is 12.1 Å². The molecule has 1 aromatic carbocycles. The van der Waals surface area contributed by atoms with Gasteiger partial charge in [-0.2, -0.15) is 0 Å². The molecular weight excluding hydrogens is 265 g/mol. The van der Waals surface area contributed by atoms with Crippen LogP contribution < -0.4 is 5.32 Å². The van der Waals surface area contributed by atoms with Crippen LogP contribution in [-0.2, 0) is 9.53 Å². The summed E-state index contributed by atoms with van der Waals surface area (Å²) in [5.74, 6) is -0.748. The SMILES string of the molecule is COC(=O)C(Nc1cccc(F)c1)c1ccc(C)s1. The largest absolute Gasteiger partial charge is 0.467 e. The van der Waals surface area contributed by atoms with E-state index in [-0.39, 0.29) is 5.82 Å². The van der Waals surface area contributed by atoms with Gasteiger partial charge in [-0.05, 0) is 37.3 Å². The van der Waals surface area contributed by atoms with E-state index >= 15 is 0 Å². The van der Waals surface area contributed by atoms with Crippen LogP contribution in [0.2, 0.25) is 0 Å². The summed E-state index contributed by atoms with van der Waals surface area (Å²) in [6.45, 7) is 1.96. The average molecular weight is 279 g/mol. The van der Waals surface area contributed by atoms with Gasteiger partial charge in [0, 0.05) is 15.4 Å². The highest BCUT2D eigenvalue weighted by atomic mass is 32.1. The van der Waals surface area contributed by atoms with Crippen molar-refractivity contribution in [2.24, 2.45) is 0 Å². The van der Waals surface area contributed by atoms with Gasteiger partial charge in [0.05, 0.1) is 7.11 Å². The third-order valence-electron chi connectivity index (χ3n) is 2.62. The lowest BCUT2D eigenvalue weighted by Gasteiger charge is -2.16. The van der Waals surface area contributed by atoms with Crippen molar-refractivity contribution >= 4 is 23.0 Å². The first-order valence-electron chi connectivity index (χ1n) is 5.76. The maximum Gasteiger partial charge on any atom is 0.333 e. The zero-order chi connectivity index (χ0) is 13.8. The van der Waals surface area contributed by atoms with Crippen LogP contribution in [0.15, 0.2) is 36.4 Å². The molecule has 0 amide bonds. The van der Waals surface area contributed by atoms with Crippen LogP contribution in [0.25, 0.3) is 0 Å². The summed E-state index contributed by atoms with van der Waals surface area (Å²) in [4.78, 5) is 13.8. The summed E-state index contributed by atoms with van der Waals surface area (Å²) in [5.41, 5.74) is 0.543. The van der Waals surface area contributed by atoms with Gasteiger partial charge in [-0.15, -0.1) is 11.3 Å².